The number of nitrogens with zero attached hydrogens (tertiary/aromatic N) is 1. The van der Waals surface area contributed by atoms with E-state index in [0.29, 0.717) is 46.1 Å². The summed E-state index contributed by atoms with van der Waals surface area (Å²) in [6.45, 7) is 6.97. The molecule has 0 heterocycles. The zero-order valence-electron chi connectivity index (χ0n) is 10.1. The Morgan fingerprint density at radius 1 is 0.625 bits per heavy atom. The first-order valence-electron chi connectivity index (χ1n) is 5.83. The van der Waals surface area contributed by atoms with Crippen LogP contribution in [-0.2, 0) is 9.47 Å². The molecule has 16 heavy (non-hydrogen) atoms. The second kappa shape index (κ2) is 12.8. The van der Waals surface area contributed by atoms with Crippen molar-refractivity contribution < 1.29 is 9.47 Å². The Morgan fingerprint density at radius 2 is 1.12 bits per heavy atom. The van der Waals surface area contributed by atoms with Crippen LogP contribution in [-0.4, -0.2) is 70.6 Å². The van der Waals surface area contributed by atoms with E-state index in [-0.39, 0.29) is 0 Å². The van der Waals surface area contributed by atoms with Crippen molar-refractivity contribution in [2.24, 2.45) is 17.2 Å². The minimum atomic E-state index is 0.566. The predicted octanol–water partition coefficient (Wildman–Crippen LogP) is -1.80. The lowest BCUT2D eigenvalue weighted by Crippen LogP contribution is -2.35. The van der Waals surface area contributed by atoms with E-state index in [1.54, 1.807) is 0 Å². The monoisotopic (exact) mass is 234 g/mol. The summed E-state index contributed by atoms with van der Waals surface area (Å²) in [5.74, 6) is 0. The van der Waals surface area contributed by atoms with Crippen molar-refractivity contribution >= 4 is 0 Å². The lowest BCUT2D eigenvalue weighted by Gasteiger charge is -2.21. The third kappa shape index (κ3) is 10.3. The van der Waals surface area contributed by atoms with Gasteiger partial charge < -0.3 is 26.7 Å². The molecule has 6 nitrogen and oxygen atoms in total. The highest BCUT2D eigenvalue weighted by atomic mass is 16.5. The molecule has 98 valence electrons. The third-order valence-corrected chi connectivity index (χ3v) is 2.07. The first kappa shape index (κ1) is 15.8. The molecule has 0 aromatic heterocycles. The molecule has 0 aliphatic carbocycles. The Kier molecular flexibility index (Phi) is 12.6. The maximum absolute atomic E-state index is 5.53. The topological polar surface area (TPSA) is 99.8 Å². The van der Waals surface area contributed by atoms with Gasteiger partial charge in [0.15, 0.2) is 0 Å². The molecule has 0 aliphatic heterocycles. The SMILES string of the molecule is NCCOCCN(CCN)CCOCCN. The summed E-state index contributed by atoms with van der Waals surface area (Å²) in [7, 11) is 0. The second-order valence-electron chi connectivity index (χ2n) is 3.43. The summed E-state index contributed by atoms with van der Waals surface area (Å²) in [6.07, 6.45) is 0. The zero-order chi connectivity index (χ0) is 12.1. The number of ether oxygens (including phenoxy) is 2. The summed E-state index contributed by atoms with van der Waals surface area (Å²) < 4.78 is 10.6. The van der Waals surface area contributed by atoms with Crippen molar-refractivity contribution in [3.8, 4) is 0 Å². The summed E-state index contributed by atoms with van der Waals surface area (Å²) >= 11 is 0. The molecule has 0 unspecified atom stereocenters. The highest BCUT2D eigenvalue weighted by Crippen LogP contribution is 1.88. The van der Waals surface area contributed by atoms with Gasteiger partial charge >= 0.3 is 0 Å². The van der Waals surface area contributed by atoms with Gasteiger partial charge in [-0.2, -0.15) is 0 Å². The van der Waals surface area contributed by atoms with Gasteiger partial charge in [-0.1, -0.05) is 0 Å². The molecule has 0 saturated heterocycles. The normalized spacial score (nSPS) is 11.2. The molecule has 6 N–H and O–H groups in total. The zero-order valence-corrected chi connectivity index (χ0v) is 10.1. The molecular weight excluding hydrogens is 208 g/mol. The average Bonchev–Trinajstić information content (AvgIpc) is 2.30. The Balaban J connectivity index is 3.45. The van der Waals surface area contributed by atoms with E-state index in [1.165, 1.54) is 0 Å². The van der Waals surface area contributed by atoms with Crippen molar-refractivity contribution in [2.75, 3.05) is 65.7 Å². The highest BCUT2D eigenvalue weighted by molar-refractivity contribution is 4.57. The van der Waals surface area contributed by atoms with Gasteiger partial charge in [-0.25, -0.2) is 0 Å². The van der Waals surface area contributed by atoms with Crippen LogP contribution in [0.15, 0.2) is 0 Å². The van der Waals surface area contributed by atoms with Gasteiger partial charge in [0.1, 0.15) is 0 Å². The summed E-state index contributed by atoms with van der Waals surface area (Å²) in [5.41, 5.74) is 16.2. The Labute approximate surface area is 98.0 Å². The number of hydrogen-bond donors (Lipinski definition) is 3. The summed E-state index contributed by atoms with van der Waals surface area (Å²) in [4.78, 5) is 2.22. The Hall–Kier alpha value is -0.240. The molecule has 0 atom stereocenters. The molecular formula is C10H26N4O2. The first-order chi connectivity index (χ1) is 7.85. The van der Waals surface area contributed by atoms with E-state index < -0.39 is 0 Å². The van der Waals surface area contributed by atoms with Crippen molar-refractivity contribution in [1.82, 2.24) is 4.90 Å². The van der Waals surface area contributed by atoms with Gasteiger partial charge in [0, 0.05) is 39.3 Å². The van der Waals surface area contributed by atoms with Crippen LogP contribution in [0.3, 0.4) is 0 Å². The van der Waals surface area contributed by atoms with Crippen LogP contribution in [0.1, 0.15) is 0 Å². The van der Waals surface area contributed by atoms with Gasteiger partial charge in [-0.05, 0) is 0 Å². The van der Waals surface area contributed by atoms with E-state index in [9.17, 15) is 0 Å². The molecule has 0 radical (unpaired) electrons. The summed E-state index contributed by atoms with van der Waals surface area (Å²) in [6, 6.07) is 0. The maximum atomic E-state index is 5.53. The van der Waals surface area contributed by atoms with Crippen LogP contribution < -0.4 is 17.2 Å². The van der Waals surface area contributed by atoms with Crippen LogP contribution in [0, 0.1) is 0 Å². The minimum absolute atomic E-state index is 0.566. The lowest BCUT2D eigenvalue weighted by molar-refractivity contribution is 0.0805. The van der Waals surface area contributed by atoms with Gasteiger partial charge in [0.2, 0.25) is 0 Å². The second-order valence-corrected chi connectivity index (χ2v) is 3.43. The molecule has 0 fully saturated rings. The van der Waals surface area contributed by atoms with Crippen LogP contribution in [0.2, 0.25) is 0 Å². The molecule has 0 aromatic carbocycles. The van der Waals surface area contributed by atoms with Gasteiger partial charge in [0.25, 0.3) is 0 Å². The smallest absolute Gasteiger partial charge is 0.0594 e. The lowest BCUT2D eigenvalue weighted by atomic mass is 10.4. The number of nitrogens with two attached hydrogens (primary N) is 3. The first-order valence-corrected chi connectivity index (χ1v) is 5.83. The molecule has 0 spiro atoms. The van der Waals surface area contributed by atoms with E-state index in [4.69, 9.17) is 26.7 Å². The van der Waals surface area contributed by atoms with Crippen LogP contribution in [0.4, 0.5) is 0 Å². The Morgan fingerprint density at radius 3 is 1.50 bits per heavy atom. The fourth-order valence-electron chi connectivity index (χ4n) is 1.28. The van der Waals surface area contributed by atoms with Crippen LogP contribution >= 0.6 is 0 Å². The summed E-state index contributed by atoms with van der Waals surface area (Å²) in [5, 5.41) is 0. The molecule has 0 saturated carbocycles. The van der Waals surface area contributed by atoms with E-state index in [2.05, 4.69) is 4.90 Å². The Bertz CT molecular complexity index is 126. The van der Waals surface area contributed by atoms with Gasteiger partial charge in [-0.15, -0.1) is 0 Å². The standard InChI is InChI=1S/C10H26N4O2/c11-1-4-14(5-9-15-7-2-12)6-10-16-8-3-13/h1-13H2. The minimum Gasteiger partial charge on any atom is -0.379 e. The van der Waals surface area contributed by atoms with Crippen molar-refractivity contribution in [3.05, 3.63) is 0 Å². The molecule has 0 aliphatic rings. The van der Waals surface area contributed by atoms with Crippen LogP contribution in [0.5, 0.6) is 0 Å². The van der Waals surface area contributed by atoms with Crippen LogP contribution in [0.25, 0.3) is 0 Å². The molecule has 0 bridgehead atoms. The quantitative estimate of drug-likeness (QED) is 0.344. The van der Waals surface area contributed by atoms with Gasteiger partial charge in [0.05, 0.1) is 26.4 Å². The van der Waals surface area contributed by atoms with E-state index >= 15 is 0 Å². The number of hydrogen-bond acceptors (Lipinski definition) is 6. The maximum Gasteiger partial charge on any atom is 0.0594 e. The molecule has 0 rings (SSSR count). The van der Waals surface area contributed by atoms with E-state index in [1.807, 2.05) is 0 Å². The van der Waals surface area contributed by atoms with Crippen molar-refractivity contribution in [1.29, 1.82) is 0 Å². The van der Waals surface area contributed by atoms with Crippen molar-refractivity contribution in [3.63, 3.8) is 0 Å². The average molecular weight is 234 g/mol. The van der Waals surface area contributed by atoms with Crippen molar-refractivity contribution in [2.45, 2.75) is 0 Å². The third-order valence-electron chi connectivity index (χ3n) is 2.07. The fourth-order valence-corrected chi connectivity index (χ4v) is 1.28. The highest BCUT2D eigenvalue weighted by Gasteiger charge is 2.03. The predicted molar refractivity (Wildman–Crippen MR) is 65.2 cm³/mol. The molecule has 6 heteroatoms. The fraction of sp³-hybridized carbons (Fsp3) is 1.00. The molecule has 0 aromatic rings. The van der Waals surface area contributed by atoms with E-state index in [0.717, 1.165) is 19.6 Å². The molecule has 0 amide bonds. The number of rotatable bonds is 12. The largest absolute Gasteiger partial charge is 0.379 e. The van der Waals surface area contributed by atoms with Gasteiger partial charge in [-0.3, -0.25) is 4.90 Å².